The number of carboxylic acid groups (broad SMARTS) is 1. The Labute approximate surface area is 170 Å². The summed E-state index contributed by atoms with van der Waals surface area (Å²) in [5, 5.41) is 22.0. The molecule has 3 aromatic carbocycles. The first-order chi connectivity index (χ1) is 14.0. The van der Waals surface area contributed by atoms with Gasteiger partial charge in [0.25, 0.3) is 0 Å². The van der Waals surface area contributed by atoms with Gasteiger partial charge >= 0.3 is 5.97 Å². The third kappa shape index (κ3) is 4.22. The molecule has 29 heavy (non-hydrogen) atoms. The lowest BCUT2D eigenvalue weighted by Gasteiger charge is -2.29. The van der Waals surface area contributed by atoms with Gasteiger partial charge in [0.2, 0.25) is 0 Å². The van der Waals surface area contributed by atoms with E-state index in [0.29, 0.717) is 29.2 Å². The standard InChI is InChI=1S/C24H22N2O3/c1-3-29-22-15-19(11-14-21(22)18-7-5-4-6-8-18)24(2,23(27)28)26-20-12-9-17(16-25)10-13-20/h4-15,26H,3H2,1-2H3,(H,27,28). The second-order valence-electron chi connectivity index (χ2n) is 6.75. The average Bonchev–Trinajstić information content (AvgIpc) is 2.75. The molecule has 0 saturated heterocycles. The Morgan fingerprint density at radius 1 is 1.10 bits per heavy atom. The Morgan fingerprint density at radius 2 is 1.79 bits per heavy atom. The molecule has 2 N–H and O–H groups in total. The highest BCUT2D eigenvalue weighted by atomic mass is 16.5. The maximum absolute atomic E-state index is 12.2. The van der Waals surface area contributed by atoms with E-state index in [4.69, 9.17) is 10.00 Å². The minimum Gasteiger partial charge on any atom is -0.493 e. The third-order valence-corrected chi connectivity index (χ3v) is 4.78. The lowest BCUT2D eigenvalue weighted by molar-refractivity contribution is -0.142. The van der Waals surface area contributed by atoms with Gasteiger partial charge < -0.3 is 15.2 Å². The summed E-state index contributed by atoms with van der Waals surface area (Å²) in [5.74, 6) is -0.387. The van der Waals surface area contributed by atoms with Gasteiger partial charge in [-0.3, -0.25) is 0 Å². The van der Waals surface area contributed by atoms with Gasteiger partial charge in [-0.2, -0.15) is 5.26 Å². The molecule has 0 radical (unpaired) electrons. The van der Waals surface area contributed by atoms with Crippen LogP contribution < -0.4 is 10.1 Å². The maximum Gasteiger partial charge on any atom is 0.333 e. The van der Waals surface area contributed by atoms with Gasteiger partial charge in [-0.1, -0.05) is 42.5 Å². The second-order valence-corrected chi connectivity index (χ2v) is 6.75. The number of benzene rings is 3. The Morgan fingerprint density at radius 3 is 2.38 bits per heavy atom. The van der Waals surface area contributed by atoms with Crippen molar-refractivity contribution in [2.75, 3.05) is 11.9 Å². The molecule has 1 atom stereocenters. The molecule has 0 bridgehead atoms. The summed E-state index contributed by atoms with van der Waals surface area (Å²) >= 11 is 0. The zero-order chi connectivity index (χ0) is 20.9. The summed E-state index contributed by atoms with van der Waals surface area (Å²) in [5.41, 5.74) is 2.21. The fourth-order valence-corrected chi connectivity index (χ4v) is 3.13. The normalized spacial score (nSPS) is 12.4. The zero-order valence-corrected chi connectivity index (χ0v) is 16.3. The molecule has 0 fully saturated rings. The van der Waals surface area contributed by atoms with E-state index >= 15 is 0 Å². The highest BCUT2D eigenvalue weighted by Crippen LogP contribution is 2.36. The van der Waals surface area contributed by atoms with Gasteiger partial charge in [0, 0.05) is 11.3 Å². The summed E-state index contributed by atoms with van der Waals surface area (Å²) in [6, 6.07) is 24.0. The number of carboxylic acids is 1. The Bertz CT molecular complexity index is 1040. The van der Waals surface area contributed by atoms with Gasteiger partial charge in [0.15, 0.2) is 5.54 Å². The van der Waals surface area contributed by atoms with Gasteiger partial charge in [-0.15, -0.1) is 0 Å². The number of rotatable bonds is 7. The molecule has 5 nitrogen and oxygen atoms in total. The van der Waals surface area contributed by atoms with Crippen molar-refractivity contribution in [3.63, 3.8) is 0 Å². The molecule has 3 rings (SSSR count). The molecule has 0 aliphatic carbocycles. The summed E-state index contributed by atoms with van der Waals surface area (Å²) in [7, 11) is 0. The molecule has 0 heterocycles. The number of aliphatic carboxylic acids is 1. The fourth-order valence-electron chi connectivity index (χ4n) is 3.13. The first kappa shape index (κ1) is 20.0. The van der Waals surface area contributed by atoms with Gasteiger partial charge in [-0.05, 0) is 55.3 Å². The van der Waals surface area contributed by atoms with Crippen LogP contribution in [0.4, 0.5) is 5.69 Å². The number of ether oxygens (including phenoxy) is 1. The van der Waals surface area contributed by atoms with Crippen LogP contribution in [0.3, 0.4) is 0 Å². The zero-order valence-electron chi connectivity index (χ0n) is 16.3. The SMILES string of the molecule is CCOc1cc(C(C)(Nc2ccc(C#N)cc2)C(=O)O)ccc1-c1ccccc1. The monoisotopic (exact) mass is 386 g/mol. The Kier molecular flexibility index (Phi) is 5.85. The number of hydrogen-bond donors (Lipinski definition) is 2. The van der Waals surface area contributed by atoms with E-state index in [1.165, 1.54) is 0 Å². The van der Waals surface area contributed by atoms with Crippen molar-refractivity contribution in [3.05, 3.63) is 83.9 Å². The Hall–Kier alpha value is -3.78. The molecule has 0 amide bonds. The van der Waals surface area contributed by atoms with Crippen molar-refractivity contribution in [1.29, 1.82) is 5.26 Å². The average molecular weight is 386 g/mol. The van der Waals surface area contributed by atoms with Crippen LogP contribution in [0.15, 0.2) is 72.8 Å². The van der Waals surface area contributed by atoms with Crippen LogP contribution in [-0.2, 0) is 10.3 Å². The summed E-state index contributed by atoms with van der Waals surface area (Å²) in [6.45, 7) is 3.98. The van der Waals surface area contributed by atoms with Crippen LogP contribution in [0.5, 0.6) is 5.75 Å². The van der Waals surface area contributed by atoms with E-state index < -0.39 is 11.5 Å². The van der Waals surface area contributed by atoms with E-state index in [2.05, 4.69) is 11.4 Å². The van der Waals surface area contributed by atoms with Crippen molar-refractivity contribution in [1.82, 2.24) is 0 Å². The molecule has 0 aliphatic rings. The van der Waals surface area contributed by atoms with Crippen molar-refractivity contribution < 1.29 is 14.6 Å². The first-order valence-corrected chi connectivity index (χ1v) is 9.32. The van der Waals surface area contributed by atoms with E-state index in [0.717, 1.165) is 11.1 Å². The lowest BCUT2D eigenvalue weighted by Crippen LogP contribution is -2.40. The minimum absolute atomic E-state index is 0.468. The molecule has 0 aromatic heterocycles. The minimum atomic E-state index is -1.38. The molecule has 0 spiro atoms. The topological polar surface area (TPSA) is 82.3 Å². The smallest absolute Gasteiger partial charge is 0.333 e. The van der Waals surface area contributed by atoms with Crippen molar-refractivity contribution >= 4 is 11.7 Å². The van der Waals surface area contributed by atoms with E-state index in [9.17, 15) is 9.90 Å². The highest BCUT2D eigenvalue weighted by Gasteiger charge is 2.36. The van der Waals surface area contributed by atoms with Crippen LogP contribution in [0.2, 0.25) is 0 Å². The highest BCUT2D eigenvalue weighted by molar-refractivity contribution is 5.85. The second kappa shape index (κ2) is 8.49. The van der Waals surface area contributed by atoms with Crippen molar-refractivity contribution in [3.8, 4) is 22.9 Å². The number of nitrogens with one attached hydrogen (secondary N) is 1. The molecule has 3 aromatic rings. The predicted octanol–water partition coefficient (Wildman–Crippen LogP) is 5.04. The molecule has 0 saturated carbocycles. The maximum atomic E-state index is 12.2. The molecule has 0 aliphatic heterocycles. The molecule has 1 unspecified atom stereocenters. The van der Waals surface area contributed by atoms with Crippen LogP contribution in [0.25, 0.3) is 11.1 Å². The van der Waals surface area contributed by atoms with Gasteiger partial charge in [0.05, 0.1) is 18.2 Å². The summed E-state index contributed by atoms with van der Waals surface area (Å²) < 4.78 is 5.83. The van der Waals surface area contributed by atoms with Crippen LogP contribution in [-0.4, -0.2) is 17.7 Å². The number of carbonyl (C=O) groups is 1. The molecule has 5 heteroatoms. The molecular weight excluding hydrogens is 364 g/mol. The van der Waals surface area contributed by atoms with Crippen LogP contribution in [0, 0.1) is 11.3 Å². The van der Waals surface area contributed by atoms with Crippen molar-refractivity contribution in [2.24, 2.45) is 0 Å². The Balaban J connectivity index is 2.03. The van der Waals surface area contributed by atoms with Crippen molar-refractivity contribution in [2.45, 2.75) is 19.4 Å². The van der Waals surface area contributed by atoms with E-state index in [1.807, 2.05) is 43.3 Å². The van der Waals surface area contributed by atoms with E-state index in [1.54, 1.807) is 43.3 Å². The molecule has 146 valence electrons. The van der Waals surface area contributed by atoms with Gasteiger partial charge in [0.1, 0.15) is 5.75 Å². The quantitative estimate of drug-likeness (QED) is 0.595. The number of anilines is 1. The number of nitrogens with zero attached hydrogens (tertiary/aromatic N) is 1. The summed E-state index contributed by atoms with van der Waals surface area (Å²) in [6.07, 6.45) is 0. The first-order valence-electron chi connectivity index (χ1n) is 9.32. The van der Waals surface area contributed by atoms with Crippen LogP contribution in [0.1, 0.15) is 25.0 Å². The van der Waals surface area contributed by atoms with Gasteiger partial charge in [-0.25, -0.2) is 4.79 Å². The largest absolute Gasteiger partial charge is 0.493 e. The lowest BCUT2D eigenvalue weighted by atomic mass is 9.89. The summed E-state index contributed by atoms with van der Waals surface area (Å²) in [4.78, 5) is 12.2. The fraction of sp³-hybridized carbons (Fsp3) is 0.167. The number of hydrogen-bond acceptors (Lipinski definition) is 4. The van der Waals surface area contributed by atoms with Crippen LogP contribution >= 0.6 is 0 Å². The third-order valence-electron chi connectivity index (χ3n) is 4.78. The molecular formula is C24H22N2O3. The number of nitriles is 1. The van der Waals surface area contributed by atoms with E-state index in [-0.39, 0.29) is 0 Å². The predicted molar refractivity (Wildman–Crippen MR) is 113 cm³/mol.